The van der Waals surface area contributed by atoms with Crippen molar-refractivity contribution >= 4 is 5.69 Å². The Balaban J connectivity index is 1.57. The second-order valence-corrected chi connectivity index (χ2v) is 6.95. The van der Waals surface area contributed by atoms with E-state index >= 15 is 0 Å². The fraction of sp³-hybridized carbons (Fsp3) is 0.647. The topological polar surface area (TPSA) is 35.5 Å². The molecular weight excluding hydrogens is 267 g/mol. The molecule has 0 saturated heterocycles. The van der Waals surface area contributed by atoms with Gasteiger partial charge in [-0.3, -0.25) is 0 Å². The van der Waals surface area contributed by atoms with E-state index in [4.69, 9.17) is 0 Å². The van der Waals surface area contributed by atoms with Crippen molar-refractivity contribution in [3.8, 4) is 0 Å². The Morgan fingerprint density at radius 2 is 2.10 bits per heavy atom. The van der Waals surface area contributed by atoms with Gasteiger partial charge >= 0.3 is 0 Å². The van der Waals surface area contributed by atoms with Crippen molar-refractivity contribution in [2.45, 2.75) is 43.7 Å². The fourth-order valence-electron chi connectivity index (χ4n) is 3.71. The van der Waals surface area contributed by atoms with Crippen molar-refractivity contribution in [3.05, 3.63) is 29.6 Å². The summed E-state index contributed by atoms with van der Waals surface area (Å²) in [6.07, 6.45) is 5.82. The first-order chi connectivity index (χ1) is 10.2. The monoisotopic (exact) mass is 290 g/mol. The molecule has 0 bridgehead atoms. The van der Waals surface area contributed by atoms with Gasteiger partial charge in [-0.2, -0.15) is 0 Å². The van der Waals surface area contributed by atoms with Gasteiger partial charge in [0.1, 0.15) is 5.82 Å². The molecule has 3 aliphatic rings. The molecule has 2 fully saturated rings. The van der Waals surface area contributed by atoms with Crippen molar-refractivity contribution in [1.29, 1.82) is 0 Å². The van der Waals surface area contributed by atoms with E-state index in [1.807, 2.05) is 6.07 Å². The highest BCUT2D eigenvalue weighted by Crippen LogP contribution is 2.43. The number of hydrogen-bond donors (Lipinski definition) is 2. The summed E-state index contributed by atoms with van der Waals surface area (Å²) >= 11 is 0. The van der Waals surface area contributed by atoms with Crippen molar-refractivity contribution in [3.63, 3.8) is 0 Å². The Kier molecular flexibility index (Phi) is 3.19. The Hall–Kier alpha value is -1.13. The van der Waals surface area contributed by atoms with Gasteiger partial charge in [-0.05, 0) is 55.7 Å². The Morgan fingerprint density at radius 1 is 1.29 bits per heavy atom. The van der Waals surface area contributed by atoms with E-state index in [2.05, 4.69) is 10.2 Å². The molecule has 0 amide bonds. The van der Waals surface area contributed by atoms with E-state index in [9.17, 15) is 9.50 Å². The molecule has 1 aromatic rings. The molecule has 2 N–H and O–H groups in total. The van der Waals surface area contributed by atoms with Crippen LogP contribution in [0.5, 0.6) is 0 Å². The molecule has 1 heterocycles. The lowest BCUT2D eigenvalue weighted by atomic mass is 9.92. The smallest absolute Gasteiger partial charge is 0.125 e. The molecule has 1 aliphatic heterocycles. The molecule has 0 spiro atoms. The van der Waals surface area contributed by atoms with Gasteiger partial charge in [-0.1, -0.05) is 6.07 Å². The minimum absolute atomic E-state index is 0.170. The third kappa shape index (κ3) is 2.55. The van der Waals surface area contributed by atoms with Gasteiger partial charge in [0.25, 0.3) is 0 Å². The predicted octanol–water partition coefficient (Wildman–Crippen LogP) is 2.08. The average molecular weight is 290 g/mol. The maximum absolute atomic E-state index is 13.5. The van der Waals surface area contributed by atoms with Crippen LogP contribution in [0, 0.1) is 11.7 Å². The highest BCUT2D eigenvalue weighted by atomic mass is 19.1. The van der Waals surface area contributed by atoms with Gasteiger partial charge < -0.3 is 15.3 Å². The number of nitrogens with one attached hydrogen (secondary N) is 1. The number of fused-ring (bicyclic) bond motifs is 1. The zero-order valence-corrected chi connectivity index (χ0v) is 12.3. The molecule has 4 rings (SSSR count). The molecular formula is C17H23FN2O. The minimum atomic E-state index is -0.199. The molecule has 114 valence electrons. The third-order valence-electron chi connectivity index (χ3n) is 5.22. The van der Waals surface area contributed by atoms with E-state index in [-0.39, 0.29) is 18.0 Å². The highest BCUT2D eigenvalue weighted by Gasteiger charge is 2.48. The summed E-state index contributed by atoms with van der Waals surface area (Å²) in [6, 6.07) is 5.67. The van der Waals surface area contributed by atoms with Gasteiger partial charge in [0.2, 0.25) is 0 Å². The Morgan fingerprint density at radius 3 is 2.76 bits per heavy atom. The summed E-state index contributed by atoms with van der Waals surface area (Å²) < 4.78 is 13.5. The van der Waals surface area contributed by atoms with Crippen LogP contribution in [-0.2, 0) is 6.42 Å². The summed E-state index contributed by atoms with van der Waals surface area (Å²) in [7, 11) is 0. The van der Waals surface area contributed by atoms with E-state index in [0.717, 1.165) is 25.2 Å². The van der Waals surface area contributed by atoms with Crippen molar-refractivity contribution < 1.29 is 9.50 Å². The third-order valence-corrected chi connectivity index (χ3v) is 5.22. The lowest BCUT2D eigenvalue weighted by Gasteiger charge is -2.38. The standard InChI is InChI=1S/C17H23FN2O/c18-14-4-1-12-7-8-20(16(12)9-14)10-17(11-21,13-2-3-13)19-15-5-6-15/h1,4,9,13,15,19,21H,2-3,5-8,10-11H2. The predicted molar refractivity (Wildman–Crippen MR) is 81.0 cm³/mol. The normalized spacial score (nSPS) is 24.0. The molecule has 21 heavy (non-hydrogen) atoms. The van der Waals surface area contributed by atoms with Crippen molar-refractivity contribution in [2.24, 2.45) is 5.92 Å². The highest BCUT2D eigenvalue weighted by molar-refractivity contribution is 5.58. The minimum Gasteiger partial charge on any atom is -0.394 e. The van der Waals surface area contributed by atoms with Crippen molar-refractivity contribution in [1.82, 2.24) is 5.32 Å². The molecule has 1 unspecified atom stereocenters. The molecule has 2 saturated carbocycles. The number of aliphatic hydroxyl groups excluding tert-OH is 1. The zero-order chi connectivity index (χ0) is 14.4. The molecule has 3 nitrogen and oxygen atoms in total. The molecule has 4 heteroatoms. The summed E-state index contributed by atoms with van der Waals surface area (Å²) in [5, 5.41) is 13.8. The largest absolute Gasteiger partial charge is 0.394 e. The van der Waals surface area contributed by atoms with Crippen LogP contribution >= 0.6 is 0 Å². The van der Waals surface area contributed by atoms with Crippen LogP contribution in [0.1, 0.15) is 31.2 Å². The van der Waals surface area contributed by atoms with Crippen LogP contribution < -0.4 is 10.2 Å². The van der Waals surface area contributed by atoms with E-state index in [0.29, 0.717) is 12.0 Å². The van der Waals surface area contributed by atoms with E-state index in [1.54, 1.807) is 12.1 Å². The number of anilines is 1. The average Bonchev–Trinajstić information content (AvgIpc) is 3.38. The molecule has 1 aromatic carbocycles. The first-order valence-electron chi connectivity index (χ1n) is 8.12. The van der Waals surface area contributed by atoms with Crippen LogP contribution in [0.2, 0.25) is 0 Å². The van der Waals surface area contributed by atoms with Crippen LogP contribution in [0.25, 0.3) is 0 Å². The summed E-state index contributed by atoms with van der Waals surface area (Å²) in [5.74, 6) is 0.400. The Labute approximate surface area is 125 Å². The first kappa shape index (κ1) is 13.5. The van der Waals surface area contributed by atoms with Crippen LogP contribution in [-0.4, -0.2) is 36.4 Å². The van der Waals surface area contributed by atoms with Gasteiger partial charge in [0.15, 0.2) is 0 Å². The maximum Gasteiger partial charge on any atom is 0.125 e. The lowest BCUT2D eigenvalue weighted by molar-refractivity contribution is 0.142. The zero-order valence-electron chi connectivity index (χ0n) is 12.3. The molecule has 0 radical (unpaired) electrons. The number of aliphatic hydroxyl groups is 1. The van der Waals surface area contributed by atoms with E-state index < -0.39 is 0 Å². The summed E-state index contributed by atoms with van der Waals surface area (Å²) in [5.41, 5.74) is 2.05. The van der Waals surface area contributed by atoms with Gasteiger partial charge in [-0.25, -0.2) is 4.39 Å². The van der Waals surface area contributed by atoms with Crippen LogP contribution in [0.15, 0.2) is 18.2 Å². The maximum atomic E-state index is 13.5. The summed E-state index contributed by atoms with van der Waals surface area (Å²) in [6.45, 7) is 1.90. The van der Waals surface area contributed by atoms with Gasteiger partial charge in [-0.15, -0.1) is 0 Å². The molecule has 2 aliphatic carbocycles. The van der Waals surface area contributed by atoms with Gasteiger partial charge in [0.05, 0.1) is 12.1 Å². The number of halogens is 1. The summed E-state index contributed by atoms with van der Waals surface area (Å²) in [4.78, 5) is 2.27. The second kappa shape index (κ2) is 4.96. The van der Waals surface area contributed by atoms with Gasteiger partial charge in [0, 0.05) is 24.8 Å². The van der Waals surface area contributed by atoms with Crippen molar-refractivity contribution in [2.75, 3.05) is 24.6 Å². The van der Waals surface area contributed by atoms with Crippen LogP contribution in [0.4, 0.5) is 10.1 Å². The number of nitrogens with zero attached hydrogens (tertiary/aromatic N) is 1. The quantitative estimate of drug-likeness (QED) is 0.842. The molecule has 1 atom stereocenters. The fourth-order valence-corrected chi connectivity index (χ4v) is 3.71. The SMILES string of the molecule is OCC(CN1CCc2ccc(F)cc21)(NC1CC1)C1CC1. The number of hydrogen-bond acceptors (Lipinski definition) is 3. The lowest BCUT2D eigenvalue weighted by Crippen LogP contribution is -2.58. The first-order valence-corrected chi connectivity index (χ1v) is 8.12. The second-order valence-electron chi connectivity index (χ2n) is 6.95. The number of benzene rings is 1. The number of rotatable bonds is 6. The van der Waals surface area contributed by atoms with Crippen LogP contribution in [0.3, 0.4) is 0 Å². The van der Waals surface area contributed by atoms with E-state index in [1.165, 1.54) is 31.2 Å². The Bertz CT molecular complexity index is 542. The molecule has 0 aromatic heterocycles.